The fourth-order valence-corrected chi connectivity index (χ4v) is 3.46. The summed E-state index contributed by atoms with van der Waals surface area (Å²) < 4.78 is 21.9. The van der Waals surface area contributed by atoms with E-state index in [1.165, 1.54) is 6.42 Å². The van der Waals surface area contributed by atoms with Crippen molar-refractivity contribution in [2.45, 2.75) is 43.4 Å². The molecule has 1 heterocycles. The first-order valence-electron chi connectivity index (χ1n) is 4.94. The smallest absolute Gasteiger partial charge is 0.145 e. The van der Waals surface area contributed by atoms with E-state index in [1.54, 1.807) is 0 Å². The zero-order valence-corrected chi connectivity index (χ0v) is 8.45. The normalized spacial score (nSPS) is 39.0. The molecule has 2 aliphatic rings. The fraction of sp³-hybridized carbons (Fsp3) is 0.889. The van der Waals surface area contributed by atoms with Crippen LogP contribution in [0.4, 0.5) is 0 Å². The van der Waals surface area contributed by atoms with E-state index in [-0.39, 0.29) is 11.3 Å². The molecule has 0 radical (unpaired) electrons. The third kappa shape index (κ3) is 1.77. The van der Waals surface area contributed by atoms with Gasteiger partial charge in [0.05, 0.1) is 11.3 Å². The summed E-state index contributed by atoms with van der Waals surface area (Å²) in [6.45, 7) is 0. The Morgan fingerprint density at radius 3 is 2.85 bits per heavy atom. The van der Waals surface area contributed by atoms with Gasteiger partial charge in [0.15, 0.2) is 0 Å². The summed E-state index contributed by atoms with van der Waals surface area (Å²) in [5.74, 6) is 0.539. The molecule has 1 aliphatic carbocycles. The van der Waals surface area contributed by atoms with Gasteiger partial charge in [-0.1, -0.05) is 6.42 Å². The quantitative estimate of drug-likeness (QED) is 0.643. The maximum atomic E-state index is 11.0. The van der Waals surface area contributed by atoms with Crippen LogP contribution in [-0.4, -0.2) is 25.9 Å². The lowest BCUT2D eigenvalue weighted by Crippen LogP contribution is -2.38. The minimum atomic E-state index is -2.28. The molecule has 3 nitrogen and oxygen atoms in total. The van der Waals surface area contributed by atoms with E-state index in [2.05, 4.69) is 4.99 Å². The lowest BCUT2D eigenvalue weighted by molar-refractivity contribution is 0.291. The third-order valence-corrected chi connectivity index (χ3v) is 4.27. The standard InChI is InChI=1S/C9H15NO2S/c11-13(12)8-5-1-3-7-4-2-6-10-9(7)8/h6-9,13H,1-5H2/t7?,8?,9-/m1/s1. The van der Waals surface area contributed by atoms with Crippen LogP contribution in [0.15, 0.2) is 4.99 Å². The summed E-state index contributed by atoms with van der Waals surface area (Å²) >= 11 is 0. The number of rotatable bonds is 1. The van der Waals surface area contributed by atoms with E-state index in [0.717, 1.165) is 25.7 Å². The maximum absolute atomic E-state index is 11.0. The van der Waals surface area contributed by atoms with Crippen LogP contribution < -0.4 is 0 Å². The number of hydrogen-bond donors (Lipinski definition) is 1. The second kappa shape index (κ2) is 3.78. The van der Waals surface area contributed by atoms with Gasteiger partial charge >= 0.3 is 0 Å². The van der Waals surface area contributed by atoms with E-state index in [9.17, 15) is 8.42 Å². The fourth-order valence-electron chi connectivity index (χ4n) is 2.50. The van der Waals surface area contributed by atoms with Gasteiger partial charge in [-0.25, -0.2) is 8.42 Å². The summed E-state index contributed by atoms with van der Waals surface area (Å²) in [7, 11) is -2.28. The average Bonchev–Trinajstić information content (AvgIpc) is 2.17. The first kappa shape index (κ1) is 9.19. The summed E-state index contributed by atoms with van der Waals surface area (Å²) in [6.07, 6.45) is 7.11. The first-order chi connectivity index (χ1) is 6.29. The topological polar surface area (TPSA) is 46.5 Å². The highest BCUT2D eigenvalue weighted by atomic mass is 32.2. The van der Waals surface area contributed by atoms with Gasteiger partial charge in [0, 0.05) is 0 Å². The van der Waals surface area contributed by atoms with Crippen molar-refractivity contribution in [1.82, 2.24) is 0 Å². The monoisotopic (exact) mass is 201 g/mol. The molecule has 4 heteroatoms. The summed E-state index contributed by atoms with van der Waals surface area (Å²) in [6, 6.07) is 0.0867. The zero-order chi connectivity index (χ0) is 9.26. The van der Waals surface area contributed by atoms with Crippen LogP contribution >= 0.6 is 0 Å². The van der Waals surface area contributed by atoms with Gasteiger partial charge in [0.25, 0.3) is 0 Å². The number of thiol groups is 1. The van der Waals surface area contributed by atoms with Gasteiger partial charge in [-0.05, 0) is 37.8 Å². The Bertz CT molecular complexity index is 277. The van der Waals surface area contributed by atoms with Crippen molar-refractivity contribution in [1.29, 1.82) is 0 Å². The second-order valence-electron chi connectivity index (χ2n) is 3.94. The molecule has 0 aromatic carbocycles. The number of aliphatic imine (C=N–C) groups is 1. The van der Waals surface area contributed by atoms with Gasteiger partial charge in [0.2, 0.25) is 0 Å². The van der Waals surface area contributed by atoms with Crippen LogP contribution in [0.5, 0.6) is 0 Å². The SMILES string of the molecule is O=[SH](=O)C1CCCC2CCC=N[C@H]21. The van der Waals surface area contributed by atoms with Crippen LogP contribution in [0.3, 0.4) is 0 Å². The largest absolute Gasteiger partial charge is 0.293 e. The molecule has 0 aromatic rings. The Hall–Kier alpha value is -0.380. The van der Waals surface area contributed by atoms with Crippen LogP contribution in [0.2, 0.25) is 0 Å². The second-order valence-corrected chi connectivity index (χ2v) is 5.18. The number of hydrogen-bond acceptors (Lipinski definition) is 3. The highest BCUT2D eigenvalue weighted by molar-refractivity contribution is 7.73. The minimum Gasteiger partial charge on any atom is -0.293 e. The van der Waals surface area contributed by atoms with Crippen molar-refractivity contribution in [2.24, 2.45) is 10.9 Å². The van der Waals surface area contributed by atoms with Crippen LogP contribution in [0, 0.1) is 5.92 Å². The molecule has 0 bridgehead atoms. The van der Waals surface area contributed by atoms with Crippen LogP contribution in [-0.2, 0) is 10.7 Å². The molecular weight excluding hydrogens is 186 g/mol. The molecule has 1 aliphatic heterocycles. The Morgan fingerprint density at radius 1 is 1.23 bits per heavy atom. The molecule has 0 amide bonds. The molecule has 1 saturated carbocycles. The van der Waals surface area contributed by atoms with Gasteiger partial charge in [0.1, 0.15) is 10.7 Å². The van der Waals surface area contributed by atoms with Crippen molar-refractivity contribution in [2.75, 3.05) is 0 Å². The third-order valence-electron chi connectivity index (χ3n) is 3.17. The van der Waals surface area contributed by atoms with Gasteiger partial charge in [-0.2, -0.15) is 0 Å². The van der Waals surface area contributed by atoms with Crippen molar-refractivity contribution >= 4 is 16.9 Å². The van der Waals surface area contributed by atoms with E-state index in [0.29, 0.717) is 5.92 Å². The van der Waals surface area contributed by atoms with E-state index >= 15 is 0 Å². The van der Waals surface area contributed by atoms with Gasteiger partial charge in [-0.3, -0.25) is 4.99 Å². The Morgan fingerprint density at radius 2 is 2.08 bits per heavy atom. The Balaban J connectivity index is 2.19. The highest BCUT2D eigenvalue weighted by Gasteiger charge is 2.35. The Kier molecular flexibility index (Phi) is 2.67. The van der Waals surface area contributed by atoms with Crippen LogP contribution in [0.25, 0.3) is 0 Å². The van der Waals surface area contributed by atoms with E-state index in [4.69, 9.17) is 0 Å². The summed E-state index contributed by atoms with van der Waals surface area (Å²) in [5, 5.41) is -0.176. The first-order valence-corrected chi connectivity index (χ1v) is 6.19. The zero-order valence-electron chi connectivity index (χ0n) is 7.56. The van der Waals surface area contributed by atoms with Gasteiger partial charge < -0.3 is 0 Å². The van der Waals surface area contributed by atoms with Crippen molar-refractivity contribution in [3.8, 4) is 0 Å². The molecule has 74 valence electrons. The molecule has 1 fully saturated rings. The molecular formula is C9H15NO2S. The van der Waals surface area contributed by atoms with Crippen molar-refractivity contribution < 1.29 is 8.42 Å². The molecule has 0 spiro atoms. The van der Waals surface area contributed by atoms with Crippen molar-refractivity contribution in [3.05, 3.63) is 0 Å². The maximum Gasteiger partial charge on any atom is 0.145 e. The van der Waals surface area contributed by atoms with E-state index in [1.807, 2.05) is 6.21 Å². The van der Waals surface area contributed by atoms with Gasteiger partial charge in [-0.15, -0.1) is 0 Å². The molecule has 0 saturated heterocycles. The number of nitrogens with zero attached hydrogens (tertiary/aromatic N) is 1. The number of fused-ring (bicyclic) bond motifs is 1. The lowest BCUT2D eigenvalue weighted by atomic mass is 9.80. The molecule has 0 N–H and O–H groups in total. The molecule has 3 atom stereocenters. The molecule has 2 rings (SSSR count). The lowest BCUT2D eigenvalue weighted by Gasteiger charge is -2.34. The molecule has 13 heavy (non-hydrogen) atoms. The van der Waals surface area contributed by atoms with Crippen molar-refractivity contribution in [3.63, 3.8) is 0 Å². The Labute approximate surface area is 80.2 Å². The molecule has 2 unspecified atom stereocenters. The summed E-state index contributed by atoms with van der Waals surface area (Å²) in [4.78, 5) is 4.35. The predicted molar refractivity (Wildman–Crippen MR) is 53.0 cm³/mol. The summed E-state index contributed by atoms with van der Waals surface area (Å²) in [5.41, 5.74) is 0. The highest BCUT2D eigenvalue weighted by Crippen LogP contribution is 2.33. The van der Waals surface area contributed by atoms with Crippen LogP contribution in [0.1, 0.15) is 32.1 Å². The van der Waals surface area contributed by atoms with E-state index < -0.39 is 10.7 Å². The average molecular weight is 201 g/mol. The predicted octanol–water partition coefficient (Wildman–Crippen LogP) is 1.000. The minimum absolute atomic E-state index is 0.0867. The molecule has 0 aromatic heterocycles.